The van der Waals surface area contributed by atoms with Crippen LogP contribution in [0.4, 0.5) is 0 Å². The van der Waals surface area contributed by atoms with Crippen LogP contribution in [0, 0.1) is 0 Å². The number of ether oxygens (including phenoxy) is 1. The predicted octanol–water partition coefficient (Wildman–Crippen LogP) is 2.46. The number of ketones is 1. The molecule has 0 aromatic heterocycles. The van der Waals surface area contributed by atoms with Gasteiger partial charge in [-0.15, -0.1) is 0 Å². The van der Waals surface area contributed by atoms with Crippen molar-refractivity contribution < 1.29 is 9.53 Å². The second kappa shape index (κ2) is 5.67. The molecule has 0 radical (unpaired) electrons. The SMILES string of the molecule is CC(=O)COc1cccc(CN=[N+]=[N-])c1. The van der Waals surface area contributed by atoms with Crippen LogP contribution in [-0.2, 0) is 11.3 Å². The molecule has 1 aromatic carbocycles. The van der Waals surface area contributed by atoms with Crippen LogP contribution in [0.5, 0.6) is 5.75 Å². The van der Waals surface area contributed by atoms with E-state index >= 15 is 0 Å². The molecule has 0 bridgehead atoms. The molecule has 0 atom stereocenters. The van der Waals surface area contributed by atoms with E-state index in [2.05, 4.69) is 10.0 Å². The van der Waals surface area contributed by atoms with E-state index < -0.39 is 0 Å². The van der Waals surface area contributed by atoms with Crippen molar-refractivity contribution in [1.29, 1.82) is 0 Å². The number of azide groups is 1. The van der Waals surface area contributed by atoms with Gasteiger partial charge in [0.25, 0.3) is 0 Å². The number of nitrogens with zero attached hydrogens (tertiary/aromatic N) is 3. The lowest BCUT2D eigenvalue weighted by Crippen LogP contribution is -2.06. The summed E-state index contributed by atoms with van der Waals surface area (Å²) in [5.41, 5.74) is 9.01. The Hall–Kier alpha value is -2.00. The minimum absolute atomic E-state index is 0.0320. The van der Waals surface area contributed by atoms with Crippen molar-refractivity contribution in [1.82, 2.24) is 0 Å². The first-order valence-corrected chi connectivity index (χ1v) is 4.44. The van der Waals surface area contributed by atoms with Crippen LogP contribution in [0.15, 0.2) is 29.4 Å². The molecule has 1 rings (SSSR count). The van der Waals surface area contributed by atoms with Crippen molar-refractivity contribution in [3.8, 4) is 5.75 Å². The molecule has 0 aliphatic heterocycles. The molecule has 0 amide bonds. The molecule has 0 fully saturated rings. The van der Waals surface area contributed by atoms with Gasteiger partial charge in [-0.2, -0.15) is 0 Å². The summed E-state index contributed by atoms with van der Waals surface area (Å²) in [5, 5.41) is 3.44. The second-order valence-electron chi connectivity index (χ2n) is 3.03. The van der Waals surface area contributed by atoms with Gasteiger partial charge in [-0.1, -0.05) is 17.2 Å². The standard InChI is InChI=1S/C10H11N3O2/c1-8(14)7-15-10-4-2-3-9(5-10)6-12-13-11/h2-5H,6-7H2,1H3. The normalized spacial score (nSPS) is 9.13. The van der Waals surface area contributed by atoms with E-state index in [0.29, 0.717) is 5.75 Å². The van der Waals surface area contributed by atoms with Gasteiger partial charge in [0.1, 0.15) is 12.4 Å². The lowest BCUT2D eigenvalue weighted by molar-refractivity contribution is -0.118. The third-order valence-electron chi connectivity index (χ3n) is 1.66. The topological polar surface area (TPSA) is 75.1 Å². The van der Waals surface area contributed by atoms with Crippen LogP contribution in [0.25, 0.3) is 10.4 Å². The van der Waals surface area contributed by atoms with Crippen molar-refractivity contribution >= 4 is 5.78 Å². The fourth-order valence-corrected chi connectivity index (χ4v) is 1.03. The molecular formula is C10H11N3O2. The van der Waals surface area contributed by atoms with Gasteiger partial charge < -0.3 is 4.74 Å². The Morgan fingerprint density at radius 3 is 3.07 bits per heavy atom. The minimum Gasteiger partial charge on any atom is -0.486 e. The van der Waals surface area contributed by atoms with Gasteiger partial charge in [0, 0.05) is 4.91 Å². The van der Waals surface area contributed by atoms with Gasteiger partial charge in [-0.25, -0.2) is 0 Å². The Bertz CT molecular complexity index is 397. The molecule has 0 saturated heterocycles. The largest absolute Gasteiger partial charge is 0.486 e. The highest BCUT2D eigenvalue weighted by atomic mass is 16.5. The number of hydrogen-bond donors (Lipinski definition) is 0. The zero-order valence-electron chi connectivity index (χ0n) is 8.38. The average molecular weight is 205 g/mol. The molecule has 5 heteroatoms. The maximum atomic E-state index is 10.7. The van der Waals surface area contributed by atoms with E-state index in [-0.39, 0.29) is 18.9 Å². The van der Waals surface area contributed by atoms with Crippen LogP contribution in [0.2, 0.25) is 0 Å². The third kappa shape index (κ3) is 4.15. The zero-order chi connectivity index (χ0) is 11.1. The molecule has 0 aliphatic carbocycles. The van der Waals surface area contributed by atoms with E-state index in [1.54, 1.807) is 18.2 Å². The summed E-state index contributed by atoms with van der Waals surface area (Å²) < 4.78 is 5.20. The van der Waals surface area contributed by atoms with Crippen molar-refractivity contribution in [3.63, 3.8) is 0 Å². The van der Waals surface area contributed by atoms with E-state index in [1.165, 1.54) is 6.92 Å². The van der Waals surface area contributed by atoms with Crippen LogP contribution in [-0.4, -0.2) is 12.4 Å². The molecule has 0 heterocycles. The van der Waals surface area contributed by atoms with E-state index in [4.69, 9.17) is 10.3 Å². The van der Waals surface area contributed by atoms with Crippen LogP contribution < -0.4 is 4.74 Å². The van der Waals surface area contributed by atoms with Gasteiger partial charge in [0.05, 0.1) is 6.54 Å². The molecular weight excluding hydrogens is 194 g/mol. The third-order valence-corrected chi connectivity index (χ3v) is 1.66. The summed E-state index contributed by atoms with van der Waals surface area (Å²) in [6.07, 6.45) is 0. The van der Waals surface area contributed by atoms with Gasteiger partial charge in [-0.05, 0) is 30.2 Å². The van der Waals surface area contributed by atoms with Gasteiger partial charge >= 0.3 is 0 Å². The predicted molar refractivity (Wildman–Crippen MR) is 55.5 cm³/mol. The fourth-order valence-electron chi connectivity index (χ4n) is 1.03. The molecule has 0 unspecified atom stereocenters. The zero-order valence-corrected chi connectivity index (χ0v) is 8.38. The second-order valence-corrected chi connectivity index (χ2v) is 3.03. The number of hydrogen-bond acceptors (Lipinski definition) is 3. The number of benzene rings is 1. The van der Waals surface area contributed by atoms with Crippen molar-refractivity contribution in [3.05, 3.63) is 40.3 Å². The van der Waals surface area contributed by atoms with Crippen LogP contribution in [0.1, 0.15) is 12.5 Å². The van der Waals surface area contributed by atoms with Gasteiger partial charge in [-0.3, -0.25) is 4.79 Å². The Kier molecular flexibility index (Phi) is 4.19. The summed E-state index contributed by atoms with van der Waals surface area (Å²) in [4.78, 5) is 13.3. The van der Waals surface area contributed by atoms with Crippen molar-refractivity contribution in [2.75, 3.05) is 6.61 Å². The fraction of sp³-hybridized carbons (Fsp3) is 0.300. The number of rotatable bonds is 5. The molecule has 0 aliphatic rings. The van der Waals surface area contributed by atoms with Crippen molar-refractivity contribution in [2.24, 2.45) is 5.11 Å². The molecule has 15 heavy (non-hydrogen) atoms. The maximum absolute atomic E-state index is 10.7. The maximum Gasteiger partial charge on any atom is 0.167 e. The van der Waals surface area contributed by atoms with Crippen molar-refractivity contribution in [2.45, 2.75) is 13.5 Å². The number of carbonyl (C=O) groups excluding carboxylic acids is 1. The first-order chi connectivity index (χ1) is 7.22. The van der Waals surface area contributed by atoms with Gasteiger partial charge in [0.15, 0.2) is 5.78 Å². The summed E-state index contributed by atoms with van der Waals surface area (Å²) >= 11 is 0. The van der Waals surface area contributed by atoms with Crippen LogP contribution >= 0.6 is 0 Å². The highest BCUT2D eigenvalue weighted by molar-refractivity contribution is 5.77. The first kappa shape index (κ1) is 11.1. The summed E-state index contributed by atoms with van der Waals surface area (Å²) in [6, 6.07) is 7.12. The molecule has 0 spiro atoms. The van der Waals surface area contributed by atoms with E-state index in [0.717, 1.165) is 5.56 Å². The first-order valence-electron chi connectivity index (χ1n) is 4.44. The minimum atomic E-state index is -0.0320. The van der Waals surface area contributed by atoms with Gasteiger partial charge in [0.2, 0.25) is 0 Å². The Labute approximate surface area is 87.3 Å². The summed E-state index contributed by atoms with van der Waals surface area (Å²) in [6.45, 7) is 1.81. The lowest BCUT2D eigenvalue weighted by atomic mass is 10.2. The Morgan fingerprint density at radius 1 is 1.60 bits per heavy atom. The smallest absolute Gasteiger partial charge is 0.167 e. The van der Waals surface area contributed by atoms with Crippen LogP contribution in [0.3, 0.4) is 0 Å². The molecule has 0 saturated carbocycles. The highest BCUT2D eigenvalue weighted by Gasteiger charge is 1.98. The Balaban J connectivity index is 2.65. The number of carbonyl (C=O) groups is 1. The summed E-state index contributed by atoms with van der Waals surface area (Å²) in [5.74, 6) is 0.575. The molecule has 1 aromatic rings. The molecule has 0 N–H and O–H groups in total. The van der Waals surface area contributed by atoms with E-state index in [1.807, 2.05) is 6.07 Å². The quantitative estimate of drug-likeness (QED) is 0.420. The van der Waals surface area contributed by atoms with E-state index in [9.17, 15) is 4.79 Å². The highest BCUT2D eigenvalue weighted by Crippen LogP contribution is 2.13. The molecule has 78 valence electrons. The summed E-state index contributed by atoms with van der Waals surface area (Å²) in [7, 11) is 0. The average Bonchev–Trinajstić information content (AvgIpc) is 2.24. The lowest BCUT2D eigenvalue weighted by Gasteiger charge is -2.04. The monoisotopic (exact) mass is 205 g/mol. The Morgan fingerprint density at radius 2 is 2.40 bits per heavy atom. The number of Topliss-reactive ketones (excluding diaryl/α,β-unsaturated/α-hetero) is 1. The molecule has 5 nitrogen and oxygen atoms in total.